The molecule has 1 aliphatic rings. The predicted octanol–water partition coefficient (Wildman–Crippen LogP) is 3.80. The van der Waals surface area contributed by atoms with Crippen molar-refractivity contribution in [2.45, 2.75) is 26.4 Å². The number of aromatic amines is 1. The lowest BCUT2D eigenvalue weighted by atomic mass is 10.00. The summed E-state index contributed by atoms with van der Waals surface area (Å²) in [6.45, 7) is 7.57. The number of phenolic OH excluding ortho intramolecular Hbond substituents is 1. The highest BCUT2D eigenvalue weighted by molar-refractivity contribution is 5.83. The zero-order valence-corrected chi connectivity index (χ0v) is 22.1. The van der Waals surface area contributed by atoms with Crippen LogP contribution in [0.2, 0.25) is 0 Å². The molecule has 6 rings (SSSR count). The lowest BCUT2D eigenvalue weighted by Crippen LogP contribution is -2.49. The van der Waals surface area contributed by atoms with Crippen molar-refractivity contribution in [1.29, 1.82) is 0 Å². The third-order valence-electron chi connectivity index (χ3n) is 7.49. The third kappa shape index (κ3) is 5.00. The molecule has 0 aliphatic carbocycles. The lowest BCUT2D eigenvalue weighted by molar-refractivity contribution is 0.200. The van der Waals surface area contributed by atoms with E-state index in [0.717, 1.165) is 46.4 Å². The van der Waals surface area contributed by atoms with Crippen molar-refractivity contribution in [2.75, 3.05) is 31.1 Å². The summed E-state index contributed by atoms with van der Waals surface area (Å²) in [4.78, 5) is 21.4. The molecule has 0 spiro atoms. The highest BCUT2D eigenvalue weighted by Gasteiger charge is 2.33. The van der Waals surface area contributed by atoms with E-state index < -0.39 is 6.04 Å². The normalized spacial score (nSPS) is 15.1. The summed E-state index contributed by atoms with van der Waals surface area (Å²) in [6.07, 6.45) is 0. The molecule has 0 bridgehead atoms. The second-order valence-electron chi connectivity index (χ2n) is 10.2. The Balaban J connectivity index is 1.40. The summed E-state index contributed by atoms with van der Waals surface area (Å²) in [6, 6.07) is 23.1. The molecule has 1 aliphatic heterocycles. The molecule has 0 unspecified atom stereocenters. The minimum absolute atomic E-state index is 0.130. The molecule has 0 radical (unpaired) electrons. The van der Waals surface area contributed by atoms with E-state index in [1.54, 1.807) is 16.8 Å². The highest BCUT2D eigenvalue weighted by Crippen LogP contribution is 2.30. The van der Waals surface area contributed by atoms with E-state index in [-0.39, 0.29) is 11.3 Å². The number of hydrogen-bond acceptors (Lipinski definition) is 7. The van der Waals surface area contributed by atoms with Gasteiger partial charge in [-0.05, 0) is 77.2 Å². The Bertz CT molecular complexity index is 1650. The molecule has 1 atom stereocenters. The number of nitrogens with one attached hydrogen (secondary N) is 1. The summed E-state index contributed by atoms with van der Waals surface area (Å²) in [7, 11) is 0. The summed E-state index contributed by atoms with van der Waals surface area (Å²) >= 11 is 0. The summed E-state index contributed by atoms with van der Waals surface area (Å²) in [5, 5.41) is 23.5. The van der Waals surface area contributed by atoms with Gasteiger partial charge in [-0.15, -0.1) is 5.10 Å². The number of H-pyrrole nitrogens is 1. The van der Waals surface area contributed by atoms with E-state index in [2.05, 4.69) is 49.4 Å². The van der Waals surface area contributed by atoms with Crippen LogP contribution in [0, 0.1) is 13.8 Å². The Morgan fingerprint density at radius 1 is 0.949 bits per heavy atom. The summed E-state index contributed by atoms with van der Waals surface area (Å²) < 4.78 is 1.80. The average molecular weight is 522 g/mol. The second-order valence-corrected chi connectivity index (χ2v) is 10.2. The molecule has 2 aromatic heterocycles. The Morgan fingerprint density at radius 2 is 1.69 bits per heavy atom. The number of fused-ring (bicyclic) bond motifs is 1. The highest BCUT2D eigenvalue weighted by atomic mass is 16.3. The van der Waals surface area contributed by atoms with Crippen molar-refractivity contribution in [3.63, 3.8) is 0 Å². The van der Waals surface area contributed by atoms with Crippen LogP contribution >= 0.6 is 0 Å². The maximum Gasteiger partial charge on any atom is 0.253 e. The van der Waals surface area contributed by atoms with Crippen LogP contribution in [-0.4, -0.2) is 61.4 Å². The van der Waals surface area contributed by atoms with Gasteiger partial charge >= 0.3 is 0 Å². The minimum Gasteiger partial charge on any atom is -0.508 e. The van der Waals surface area contributed by atoms with Crippen molar-refractivity contribution in [3.8, 4) is 5.75 Å². The van der Waals surface area contributed by atoms with Gasteiger partial charge in [-0.1, -0.05) is 42.0 Å². The van der Waals surface area contributed by atoms with E-state index in [9.17, 15) is 9.90 Å². The molecule has 5 aromatic rings. The molecule has 2 N–H and O–H groups in total. The number of rotatable bonds is 6. The van der Waals surface area contributed by atoms with Gasteiger partial charge in [0.2, 0.25) is 0 Å². The molecule has 1 saturated heterocycles. The molecule has 9 nitrogen and oxygen atoms in total. The second kappa shape index (κ2) is 10.3. The number of hydrogen-bond donors (Lipinski definition) is 2. The van der Waals surface area contributed by atoms with Crippen LogP contribution in [-0.2, 0) is 6.54 Å². The van der Waals surface area contributed by atoms with Gasteiger partial charge in [-0.25, -0.2) is 4.68 Å². The number of pyridine rings is 1. The standard InChI is InChI=1S/C30H31N7O2/c1-20-16-21(2)27-23(17-20)18-26(30(39)31-27)28(29-32-33-34-37(29)19-22-6-4-3-5-7-22)36-14-12-35(13-15-36)24-8-10-25(38)11-9-24/h3-11,16-18,28,38H,12-15,19H2,1-2H3,(H,31,39)/t28-/m0/s1. The average Bonchev–Trinajstić information content (AvgIpc) is 3.38. The molecule has 3 aromatic carbocycles. The number of nitrogens with zero attached hydrogens (tertiary/aromatic N) is 6. The van der Waals surface area contributed by atoms with Crippen molar-refractivity contribution in [1.82, 2.24) is 30.1 Å². The Hall–Kier alpha value is -4.50. The molecule has 198 valence electrons. The zero-order chi connectivity index (χ0) is 26.9. The number of anilines is 1. The molecular formula is C30H31N7O2. The smallest absolute Gasteiger partial charge is 0.253 e. The van der Waals surface area contributed by atoms with E-state index in [1.807, 2.05) is 55.5 Å². The maximum atomic E-state index is 13.6. The van der Waals surface area contributed by atoms with Gasteiger partial charge in [0, 0.05) is 37.4 Å². The first-order valence-electron chi connectivity index (χ1n) is 13.2. The van der Waals surface area contributed by atoms with Gasteiger partial charge in [-0.3, -0.25) is 9.69 Å². The fourth-order valence-electron chi connectivity index (χ4n) is 5.58. The van der Waals surface area contributed by atoms with E-state index in [0.29, 0.717) is 31.0 Å². The number of aryl methyl sites for hydroxylation is 2. The minimum atomic E-state index is -0.417. The first-order chi connectivity index (χ1) is 19.0. The molecule has 1 fully saturated rings. The predicted molar refractivity (Wildman–Crippen MR) is 151 cm³/mol. The number of aromatic nitrogens is 5. The largest absolute Gasteiger partial charge is 0.508 e. The van der Waals surface area contributed by atoms with Crippen LogP contribution in [0.3, 0.4) is 0 Å². The van der Waals surface area contributed by atoms with Crippen LogP contribution in [0.5, 0.6) is 5.75 Å². The van der Waals surface area contributed by atoms with Crippen molar-refractivity contribution in [3.05, 3.63) is 111 Å². The number of phenols is 1. The van der Waals surface area contributed by atoms with Crippen molar-refractivity contribution in [2.24, 2.45) is 0 Å². The van der Waals surface area contributed by atoms with Crippen LogP contribution in [0.4, 0.5) is 5.69 Å². The van der Waals surface area contributed by atoms with Gasteiger partial charge < -0.3 is 15.0 Å². The molecular weight excluding hydrogens is 490 g/mol. The molecule has 9 heteroatoms. The van der Waals surface area contributed by atoms with Gasteiger partial charge in [0.1, 0.15) is 11.8 Å². The molecule has 0 saturated carbocycles. The lowest BCUT2D eigenvalue weighted by Gasteiger charge is -2.39. The number of piperazine rings is 1. The monoisotopic (exact) mass is 521 g/mol. The Labute approximate surface area is 226 Å². The molecule has 39 heavy (non-hydrogen) atoms. The van der Waals surface area contributed by atoms with E-state index in [1.165, 1.54) is 0 Å². The van der Waals surface area contributed by atoms with Crippen molar-refractivity contribution < 1.29 is 5.11 Å². The molecule has 3 heterocycles. The fourth-order valence-corrected chi connectivity index (χ4v) is 5.58. The van der Waals surface area contributed by atoms with E-state index in [4.69, 9.17) is 0 Å². The van der Waals surface area contributed by atoms with Crippen LogP contribution in [0.25, 0.3) is 10.9 Å². The Morgan fingerprint density at radius 3 is 2.44 bits per heavy atom. The van der Waals surface area contributed by atoms with Crippen LogP contribution in [0.15, 0.2) is 77.6 Å². The molecule has 0 amide bonds. The van der Waals surface area contributed by atoms with Gasteiger partial charge in [-0.2, -0.15) is 0 Å². The number of benzene rings is 3. The summed E-state index contributed by atoms with van der Waals surface area (Å²) in [5.74, 6) is 0.898. The third-order valence-corrected chi connectivity index (χ3v) is 7.49. The first kappa shape index (κ1) is 24.8. The van der Waals surface area contributed by atoms with Gasteiger partial charge in [0.25, 0.3) is 5.56 Å². The van der Waals surface area contributed by atoms with Gasteiger partial charge in [0.15, 0.2) is 5.82 Å². The Kier molecular flexibility index (Phi) is 6.58. The number of aromatic hydroxyl groups is 1. The van der Waals surface area contributed by atoms with Crippen LogP contribution in [0.1, 0.15) is 34.1 Å². The zero-order valence-electron chi connectivity index (χ0n) is 22.1. The van der Waals surface area contributed by atoms with Crippen molar-refractivity contribution >= 4 is 16.6 Å². The maximum absolute atomic E-state index is 13.6. The topological polar surface area (TPSA) is 103 Å². The van der Waals surface area contributed by atoms with E-state index >= 15 is 0 Å². The quantitative estimate of drug-likeness (QED) is 0.350. The number of tetrazole rings is 1. The SMILES string of the molecule is Cc1cc(C)c2[nH]c(=O)c([C@@H](c3nnnn3Cc3ccccc3)N3CCN(c4ccc(O)cc4)CC3)cc2c1. The van der Waals surface area contributed by atoms with Gasteiger partial charge in [0.05, 0.1) is 12.1 Å². The fraction of sp³-hybridized carbons (Fsp3) is 0.267. The van der Waals surface area contributed by atoms with Crippen LogP contribution < -0.4 is 10.5 Å². The summed E-state index contributed by atoms with van der Waals surface area (Å²) in [5.41, 5.74) is 5.69. The first-order valence-corrected chi connectivity index (χ1v) is 13.2.